The molecule has 2 aromatic rings. The molecule has 0 aliphatic rings. The Morgan fingerprint density at radius 1 is 1.44 bits per heavy atom. The molecule has 2 rings (SSSR count). The summed E-state index contributed by atoms with van der Waals surface area (Å²) in [6.45, 7) is 1.43. The first-order valence-electron chi connectivity index (χ1n) is 5.71. The molecule has 18 heavy (non-hydrogen) atoms. The van der Waals surface area contributed by atoms with Gasteiger partial charge in [0.25, 0.3) is 0 Å². The molecule has 0 atom stereocenters. The van der Waals surface area contributed by atoms with Crippen molar-refractivity contribution in [3.63, 3.8) is 0 Å². The van der Waals surface area contributed by atoms with Gasteiger partial charge in [0.2, 0.25) is 0 Å². The van der Waals surface area contributed by atoms with Gasteiger partial charge in [-0.25, -0.2) is 4.98 Å². The van der Waals surface area contributed by atoms with Crippen LogP contribution < -0.4 is 10.1 Å². The van der Waals surface area contributed by atoms with Crippen LogP contribution in [0.15, 0.2) is 30.6 Å². The quantitative estimate of drug-likeness (QED) is 0.902. The highest BCUT2D eigenvalue weighted by atomic mass is 35.5. The maximum atomic E-state index is 6.02. The van der Waals surface area contributed by atoms with Crippen LogP contribution in [0.25, 0.3) is 0 Å². The van der Waals surface area contributed by atoms with Crippen molar-refractivity contribution in [1.82, 2.24) is 14.9 Å². The molecule has 5 heteroatoms. The van der Waals surface area contributed by atoms with E-state index in [1.165, 1.54) is 0 Å². The molecule has 0 bridgehead atoms. The average Bonchev–Trinajstić information content (AvgIpc) is 2.78. The second kappa shape index (κ2) is 5.89. The first kappa shape index (κ1) is 12.9. The molecule has 0 amide bonds. The second-order valence-corrected chi connectivity index (χ2v) is 4.39. The summed E-state index contributed by atoms with van der Waals surface area (Å²) in [7, 11) is 3.56. The van der Waals surface area contributed by atoms with E-state index in [-0.39, 0.29) is 0 Å². The fraction of sp³-hybridized carbons (Fsp3) is 0.308. The molecule has 0 spiro atoms. The minimum Gasteiger partial charge on any atom is -0.496 e. The highest BCUT2D eigenvalue weighted by molar-refractivity contribution is 6.30. The van der Waals surface area contributed by atoms with Crippen molar-refractivity contribution < 1.29 is 4.74 Å². The zero-order valence-corrected chi connectivity index (χ0v) is 11.2. The number of halogens is 1. The first-order valence-corrected chi connectivity index (χ1v) is 6.09. The molecule has 1 heterocycles. The van der Waals surface area contributed by atoms with E-state index in [9.17, 15) is 0 Å². The molecule has 4 nitrogen and oxygen atoms in total. The minimum absolute atomic E-state index is 0.695. The molecule has 0 aliphatic heterocycles. The lowest BCUT2D eigenvalue weighted by Gasteiger charge is -2.11. The van der Waals surface area contributed by atoms with Gasteiger partial charge in [0.05, 0.1) is 20.2 Å². The predicted molar refractivity (Wildman–Crippen MR) is 72.1 cm³/mol. The maximum absolute atomic E-state index is 6.02. The Morgan fingerprint density at radius 2 is 2.28 bits per heavy atom. The van der Waals surface area contributed by atoms with Crippen LogP contribution in [0.2, 0.25) is 5.02 Å². The molecule has 1 aromatic heterocycles. The van der Waals surface area contributed by atoms with Crippen molar-refractivity contribution in [2.75, 3.05) is 14.2 Å². The molecule has 0 saturated carbocycles. The van der Waals surface area contributed by atoms with Gasteiger partial charge in [-0.1, -0.05) is 11.6 Å². The Bertz CT molecular complexity index is 525. The zero-order valence-electron chi connectivity index (χ0n) is 10.5. The standard InChI is InChI=1S/C13H16ClN3O/c1-15-8-13-16-5-6-17(13)9-10-7-11(14)3-4-12(10)18-2/h3-7,15H,8-9H2,1-2H3. The van der Waals surface area contributed by atoms with E-state index in [4.69, 9.17) is 16.3 Å². The van der Waals surface area contributed by atoms with Gasteiger partial charge in [0.15, 0.2) is 0 Å². The summed E-state index contributed by atoms with van der Waals surface area (Å²) in [6.07, 6.45) is 3.75. The number of ether oxygens (including phenoxy) is 1. The number of hydrogen-bond donors (Lipinski definition) is 1. The van der Waals surface area contributed by atoms with Crippen LogP contribution >= 0.6 is 11.6 Å². The summed E-state index contributed by atoms with van der Waals surface area (Å²) >= 11 is 6.02. The average molecular weight is 266 g/mol. The maximum Gasteiger partial charge on any atom is 0.123 e. The van der Waals surface area contributed by atoms with Gasteiger partial charge in [0, 0.05) is 23.0 Å². The van der Waals surface area contributed by atoms with Crippen LogP contribution in [0.4, 0.5) is 0 Å². The van der Waals surface area contributed by atoms with Crippen molar-refractivity contribution in [2.45, 2.75) is 13.1 Å². The zero-order chi connectivity index (χ0) is 13.0. The molecule has 0 saturated heterocycles. The van der Waals surface area contributed by atoms with Crippen LogP contribution in [0, 0.1) is 0 Å². The van der Waals surface area contributed by atoms with Crippen molar-refractivity contribution in [2.24, 2.45) is 0 Å². The Hall–Kier alpha value is -1.52. The molecular formula is C13H16ClN3O. The van der Waals surface area contributed by atoms with Gasteiger partial charge in [-0.15, -0.1) is 0 Å². The van der Waals surface area contributed by atoms with Gasteiger partial charge in [-0.05, 0) is 25.2 Å². The largest absolute Gasteiger partial charge is 0.496 e. The summed E-state index contributed by atoms with van der Waals surface area (Å²) in [5.74, 6) is 1.82. The molecule has 0 fully saturated rings. The topological polar surface area (TPSA) is 39.1 Å². The molecular weight excluding hydrogens is 250 g/mol. The third kappa shape index (κ3) is 2.83. The van der Waals surface area contributed by atoms with Gasteiger partial charge in [-0.3, -0.25) is 0 Å². The van der Waals surface area contributed by atoms with Crippen LogP contribution in [-0.2, 0) is 13.1 Å². The Balaban J connectivity index is 2.27. The number of methoxy groups -OCH3 is 1. The number of nitrogens with one attached hydrogen (secondary N) is 1. The van der Waals surface area contributed by atoms with E-state index >= 15 is 0 Å². The molecule has 1 aromatic carbocycles. The fourth-order valence-corrected chi connectivity index (χ4v) is 2.06. The number of imidazole rings is 1. The van der Waals surface area contributed by atoms with E-state index in [2.05, 4.69) is 14.9 Å². The van der Waals surface area contributed by atoms with Gasteiger partial charge in [0.1, 0.15) is 11.6 Å². The van der Waals surface area contributed by atoms with Crippen molar-refractivity contribution in [1.29, 1.82) is 0 Å². The van der Waals surface area contributed by atoms with Gasteiger partial charge in [-0.2, -0.15) is 0 Å². The molecule has 0 radical (unpaired) electrons. The van der Waals surface area contributed by atoms with Crippen LogP contribution in [-0.4, -0.2) is 23.7 Å². The minimum atomic E-state index is 0.695. The second-order valence-electron chi connectivity index (χ2n) is 3.96. The number of hydrogen-bond acceptors (Lipinski definition) is 3. The smallest absolute Gasteiger partial charge is 0.123 e. The van der Waals surface area contributed by atoms with E-state index in [1.807, 2.05) is 31.4 Å². The molecule has 1 N–H and O–H groups in total. The third-order valence-electron chi connectivity index (χ3n) is 2.72. The van der Waals surface area contributed by atoms with E-state index < -0.39 is 0 Å². The van der Waals surface area contributed by atoms with E-state index in [0.29, 0.717) is 11.6 Å². The van der Waals surface area contributed by atoms with Crippen LogP contribution in [0.3, 0.4) is 0 Å². The summed E-state index contributed by atoms with van der Waals surface area (Å²) in [4.78, 5) is 4.31. The Kier molecular flexibility index (Phi) is 4.23. The Labute approximate surface area is 112 Å². The number of nitrogens with zero attached hydrogens (tertiary/aromatic N) is 2. The fourth-order valence-electron chi connectivity index (χ4n) is 1.86. The SMILES string of the molecule is CNCc1nccn1Cc1cc(Cl)ccc1OC. The van der Waals surface area contributed by atoms with E-state index in [0.717, 1.165) is 23.7 Å². The number of rotatable bonds is 5. The lowest BCUT2D eigenvalue weighted by molar-refractivity contribution is 0.408. The lowest BCUT2D eigenvalue weighted by atomic mass is 10.2. The first-order chi connectivity index (χ1) is 8.74. The third-order valence-corrected chi connectivity index (χ3v) is 2.95. The highest BCUT2D eigenvalue weighted by Crippen LogP contribution is 2.23. The van der Waals surface area contributed by atoms with Gasteiger partial charge >= 0.3 is 0 Å². The lowest BCUT2D eigenvalue weighted by Crippen LogP contribution is -2.13. The summed E-state index contributed by atoms with van der Waals surface area (Å²) in [5.41, 5.74) is 1.04. The van der Waals surface area contributed by atoms with E-state index in [1.54, 1.807) is 13.3 Å². The van der Waals surface area contributed by atoms with Crippen molar-refractivity contribution in [3.05, 3.63) is 47.0 Å². The monoisotopic (exact) mass is 265 g/mol. The van der Waals surface area contributed by atoms with Crippen LogP contribution in [0.1, 0.15) is 11.4 Å². The predicted octanol–water partition coefficient (Wildman–Crippen LogP) is 2.31. The molecule has 0 aliphatic carbocycles. The highest BCUT2D eigenvalue weighted by Gasteiger charge is 2.07. The summed E-state index contributed by atoms with van der Waals surface area (Å²) in [6, 6.07) is 5.63. The van der Waals surface area contributed by atoms with Crippen molar-refractivity contribution >= 4 is 11.6 Å². The van der Waals surface area contributed by atoms with Crippen molar-refractivity contribution in [3.8, 4) is 5.75 Å². The molecule has 96 valence electrons. The van der Waals surface area contributed by atoms with Crippen LogP contribution in [0.5, 0.6) is 5.75 Å². The summed E-state index contributed by atoms with van der Waals surface area (Å²) < 4.78 is 7.42. The number of aromatic nitrogens is 2. The summed E-state index contributed by atoms with van der Waals surface area (Å²) in [5, 5.41) is 3.80. The molecule has 0 unspecified atom stereocenters. The number of benzene rings is 1. The normalized spacial score (nSPS) is 10.6. The Morgan fingerprint density at radius 3 is 3.00 bits per heavy atom. The van der Waals surface area contributed by atoms with Gasteiger partial charge < -0.3 is 14.6 Å².